The van der Waals surface area contributed by atoms with E-state index < -0.39 is 20.6 Å². The Bertz CT molecular complexity index is 877. The van der Waals surface area contributed by atoms with Crippen LogP contribution in [-0.4, -0.2) is 43.7 Å². The van der Waals surface area contributed by atoms with E-state index in [9.17, 15) is 18.5 Å². The van der Waals surface area contributed by atoms with Gasteiger partial charge in [-0.2, -0.15) is 4.31 Å². The minimum absolute atomic E-state index is 0.00887. The number of nitro benzene ring substituents is 1. The number of ether oxygens (including phenoxy) is 2. The van der Waals surface area contributed by atoms with Gasteiger partial charge in [0.15, 0.2) is 11.2 Å². The predicted octanol–water partition coefficient (Wildman–Crippen LogP) is 2.92. The van der Waals surface area contributed by atoms with Gasteiger partial charge in [0.25, 0.3) is 5.69 Å². The van der Waals surface area contributed by atoms with Gasteiger partial charge in [-0.15, -0.1) is 0 Å². The molecule has 1 unspecified atom stereocenters. The van der Waals surface area contributed by atoms with Crippen molar-refractivity contribution in [2.75, 3.05) is 19.8 Å². The van der Waals surface area contributed by atoms with Crippen LogP contribution in [0.25, 0.3) is 0 Å². The van der Waals surface area contributed by atoms with Gasteiger partial charge in [0.1, 0.15) is 5.76 Å². The number of hydrogen-bond donors (Lipinski definition) is 0. The lowest BCUT2D eigenvalue weighted by atomic mass is 10.2. The SMILES string of the molecule is O=[N+]([O-])c1ccccc1S(=O)(=O)N(CCOC1CCCCO1)Cc1ccco1. The van der Waals surface area contributed by atoms with Crippen molar-refractivity contribution >= 4 is 15.7 Å². The molecule has 28 heavy (non-hydrogen) atoms. The van der Waals surface area contributed by atoms with Crippen LogP contribution in [0.2, 0.25) is 0 Å². The van der Waals surface area contributed by atoms with Gasteiger partial charge in [-0.25, -0.2) is 8.42 Å². The van der Waals surface area contributed by atoms with Crippen LogP contribution in [0.4, 0.5) is 5.69 Å². The Balaban J connectivity index is 1.79. The third-order valence-corrected chi connectivity index (χ3v) is 6.27. The van der Waals surface area contributed by atoms with E-state index in [0.717, 1.165) is 23.6 Å². The molecule has 1 fully saturated rings. The molecule has 1 saturated heterocycles. The second-order valence-electron chi connectivity index (χ2n) is 6.31. The topological polar surface area (TPSA) is 112 Å². The predicted molar refractivity (Wildman–Crippen MR) is 98.9 cm³/mol. The van der Waals surface area contributed by atoms with Crippen molar-refractivity contribution in [1.29, 1.82) is 0 Å². The molecule has 2 heterocycles. The van der Waals surface area contributed by atoms with E-state index in [1.807, 2.05) is 0 Å². The summed E-state index contributed by atoms with van der Waals surface area (Å²) < 4.78 is 43.8. The summed E-state index contributed by atoms with van der Waals surface area (Å²) in [7, 11) is -4.14. The van der Waals surface area contributed by atoms with Crippen LogP contribution in [0, 0.1) is 10.1 Å². The number of nitro groups is 1. The number of hydrogen-bond acceptors (Lipinski definition) is 7. The number of sulfonamides is 1. The third-order valence-electron chi connectivity index (χ3n) is 4.37. The fraction of sp³-hybridized carbons (Fsp3) is 0.444. The summed E-state index contributed by atoms with van der Waals surface area (Å²) in [6.45, 7) is 0.672. The Morgan fingerprint density at radius 3 is 2.71 bits per heavy atom. The van der Waals surface area contributed by atoms with Crippen molar-refractivity contribution in [3.8, 4) is 0 Å². The highest BCUT2D eigenvalue weighted by Crippen LogP contribution is 2.27. The average Bonchev–Trinajstić information content (AvgIpc) is 3.21. The van der Waals surface area contributed by atoms with E-state index in [1.165, 1.54) is 30.5 Å². The van der Waals surface area contributed by atoms with Crippen molar-refractivity contribution in [3.05, 3.63) is 58.5 Å². The summed E-state index contributed by atoms with van der Waals surface area (Å²) in [6.07, 6.45) is 3.83. The van der Waals surface area contributed by atoms with E-state index in [-0.39, 0.29) is 30.9 Å². The van der Waals surface area contributed by atoms with E-state index in [4.69, 9.17) is 13.9 Å². The summed E-state index contributed by atoms with van der Waals surface area (Å²) >= 11 is 0. The zero-order chi connectivity index (χ0) is 20.0. The Morgan fingerprint density at radius 1 is 1.21 bits per heavy atom. The molecule has 1 aliphatic rings. The largest absolute Gasteiger partial charge is 0.468 e. The highest BCUT2D eigenvalue weighted by Gasteiger charge is 2.32. The van der Waals surface area contributed by atoms with Crippen molar-refractivity contribution in [2.45, 2.75) is 37.0 Å². The van der Waals surface area contributed by atoms with Gasteiger partial charge in [-0.3, -0.25) is 10.1 Å². The highest BCUT2D eigenvalue weighted by atomic mass is 32.2. The maximum Gasteiger partial charge on any atom is 0.289 e. The number of nitrogens with zero attached hydrogens (tertiary/aromatic N) is 2. The van der Waals surface area contributed by atoms with Crippen LogP contribution in [-0.2, 0) is 26.0 Å². The fourth-order valence-electron chi connectivity index (χ4n) is 2.95. The first-order chi connectivity index (χ1) is 13.5. The molecule has 0 amide bonds. The van der Waals surface area contributed by atoms with Crippen LogP contribution >= 0.6 is 0 Å². The highest BCUT2D eigenvalue weighted by molar-refractivity contribution is 7.89. The van der Waals surface area contributed by atoms with E-state index in [1.54, 1.807) is 12.1 Å². The Kier molecular flexibility index (Phi) is 6.79. The minimum Gasteiger partial charge on any atom is -0.468 e. The van der Waals surface area contributed by atoms with Gasteiger partial charge in [-0.05, 0) is 37.5 Å². The molecule has 1 aromatic heterocycles. The fourth-order valence-corrected chi connectivity index (χ4v) is 4.50. The summed E-state index contributed by atoms with van der Waals surface area (Å²) in [5.41, 5.74) is -0.469. The van der Waals surface area contributed by atoms with Gasteiger partial charge < -0.3 is 13.9 Å². The number of benzene rings is 1. The van der Waals surface area contributed by atoms with Crippen LogP contribution in [0.5, 0.6) is 0 Å². The first-order valence-corrected chi connectivity index (χ1v) is 10.4. The van der Waals surface area contributed by atoms with Gasteiger partial charge in [0.2, 0.25) is 10.0 Å². The summed E-state index contributed by atoms with van der Waals surface area (Å²) in [5, 5.41) is 11.3. The quantitative estimate of drug-likeness (QED) is 0.461. The normalized spacial score (nSPS) is 17.7. The molecular weight excluding hydrogens is 388 g/mol. The standard InChI is InChI=1S/C18H22N2O7S/c21-20(22)16-7-1-2-8-17(16)28(23,24)19(14-15-6-5-12-25-15)10-13-27-18-9-3-4-11-26-18/h1-2,5-8,12,18H,3-4,9-11,13-14H2. The van der Waals surface area contributed by atoms with Crippen molar-refractivity contribution in [2.24, 2.45) is 0 Å². The minimum atomic E-state index is -4.14. The van der Waals surface area contributed by atoms with Crippen molar-refractivity contribution in [1.82, 2.24) is 4.31 Å². The summed E-state index contributed by atoms with van der Waals surface area (Å²) in [6, 6.07) is 8.58. The molecule has 0 aliphatic carbocycles. The van der Waals surface area contributed by atoms with Gasteiger partial charge in [-0.1, -0.05) is 12.1 Å². The van der Waals surface area contributed by atoms with E-state index in [2.05, 4.69) is 0 Å². The first-order valence-electron chi connectivity index (χ1n) is 8.97. The Morgan fingerprint density at radius 2 is 2.04 bits per heavy atom. The third kappa shape index (κ3) is 4.96. The van der Waals surface area contributed by atoms with Gasteiger partial charge in [0.05, 0.1) is 24.3 Å². The first kappa shape index (κ1) is 20.5. The monoisotopic (exact) mass is 410 g/mol. The molecule has 152 valence electrons. The molecule has 0 N–H and O–H groups in total. The smallest absolute Gasteiger partial charge is 0.289 e. The molecule has 0 spiro atoms. The molecule has 0 saturated carbocycles. The number of rotatable bonds is 9. The Hall–Kier alpha value is -2.27. The molecule has 1 aromatic carbocycles. The van der Waals surface area contributed by atoms with Gasteiger partial charge in [0, 0.05) is 19.2 Å². The van der Waals surface area contributed by atoms with Crippen molar-refractivity contribution in [3.63, 3.8) is 0 Å². The van der Waals surface area contributed by atoms with Crippen LogP contribution < -0.4 is 0 Å². The second-order valence-corrected chi connectivity index (χ2v) is 8.22. The van der Waals surface area contributed by atoms with E-state index in [0.29, 0.717) is 12.4 Å². The van der Waals surface area contributed by atoms with Crippen LogP contribution in [0.15, 0.2) is 52.0 Å². The molecular formula is C18H22N2O7S. The maximum absolute atomic E-state index is 13.2. The number of furan rings is 1. The lowest BCUT2D eigenvalue weighted by Gasteiger charge is -2.25. The zero-order valence-corrected chi connectivity index (χ0v) is 16.0. The molecule has 9 nitrogen and oxygen atoms in total. The van der Waals surface area contributed by atoms with Gasteiger partial charge >= 0.3 is 0 Å². The molecule has 2 aromatic rings. The molecule has 10 heteroatoms. The molecule has 0 radical (unpaired) electrons. The maximum atomic E-state index is 13.2. The molecule has 0 bridgehead atoms. The lowest BCUT2D eigenvalue weighted by molar-refractivity contribution is -0.387. The van der Waals surface area contributed by atoms with E-state index >= 15 is 0 Å². The number of para-hydroxylation sites is 1. The lowest BCUT2D eigenvalue weighted by Crippen LogP contribution is -2.35. The summed E-state index contributed by atoms with van der Waals surface area (Å²) in [5.74, 6) is 0.427. The zero-order valence-electron chi connectivity index (χ0n) is 15.2. The Labute approximate surface area is 163 Å². The molecule has 1 aliphatic heterocycles. The average molecular weight is 410 g/mol. The molecule has 3 rings (SSSR count). The van der Waals surface area contributed by atoms with Crippen LogP contribution in [0.3, 0.4) is 0 Å². The van der Waals surface area contributed by atoms with Crippen molar-refractivity contribution < 1.29 is 27.2 Å². The summed E-state index contributed by atoms with van der Waals surface area (Å²) in [4.78, 5) is 10.2. The second kappa shape index (κ2) is 9.28. The molecule has 1 atom stereocenters. The van der Waals surface area contributed by atoms with Crippen LogP contribution in [0.1, 0.15) is 25.0 Å².